The zero-order valence-electron chi connectivity index (χ0n) is 18.4. The van der Waals surface area contributed by atoms with Gasteiger partial charge in [-0.05, 0) is 40.5 Å². The van der Waals surface area contributed by atoms with Crippen molar-refractivity contribution in [2.45, 2.75) is 32.7 Å². The third-order valence-corrected chi connectivity index (χ3v) is 6.00. The lowest BCUT2D eigenvalue weighted by atomic mass is 9.95. The molecule has 5 nitrogen and oxygen atoms in total. The molecule has 2 heterocycles. The van der Waals surface area contributed by atoms with Crippen LogP contribution in [0.5, 0.6) is 11.5 Å². The Bertz CT molecular complexity index is 1270. The van der Waals surface area contributed by atoms with Crippen LogP contribution in [-0.2, 0) is 11.2 Å². The van der Waals surface area contributed by atoms with Crippen molar-refractivity contribution >= 4 is 27.6 Å². The van der Waals surface area contributed by atoms with E-state index in [1.807, 2.05) is 42.5 Å². The molecule has 1 aliphatic heterocycles. The Morgan fingerprint density at radius 3 is 2.66 bits per heavy atom. The Labute approximate surface area is 187 Å². The monoisotopic (exact) mass is 429 g/mol. The first-order chi connectivity index (χ1) is 15.6. The van der Waals surface area contributed by atoms with Crippen LogP contribution >= 0.6 is 0 Å². The Balaban J connectivity index is 1.40. The molecule has 3 aromatic carbocycles. The predicted molar refractivity (Wildman–Crippen MR) is 125 cm³/mol. The van der Waals surface area contributed by atoms with Crippen molar-refractivity contribution in [2.24, 2.45) is 5.92 Å². The Morgan fingerprint density at radius 1 is 1.00 bits per heavy atom. The lowest BCUT2D eigenvalue weighted by Crippen LogP contribution is -2.32. The van der Waals surface area contributed by atoms with E-state index in [0.717, 1.165) is 50.8 Å². The molecule has 0 saturated heterocycles. The molecule has 0 aliphatic carbocycles. The summed E-state index contributed by atoms with van der Waals surface area (Å²) in [5.74, 6) is 1.68. The second-order valence-corrected chi connectivity index (χ2v) is 8.64. The van der Waals surface area contributed by atoms with Crippen LogP contribution in [0.2, 0.25) is 0 Å². The van der Waals surface area contributed by atoms with Gasteiger partial charge in [0.25, 0.3) is 0 Å². The molecule has 5 rings (SSSR count). The van der Waals surface area contributed by atoms with E-state index >= 15 is 0 Å². The Hall–Kier alpha value is -3.47. The molecular weight excluding hydrogens is 402 g/mol. The van der Waals surface area contributed by atoms with E-state index in [9.17, 15) is 4.79 Å². The summed E-state index contributed by atoms with van der Waals surface area (Å²) in [6.07, 6.45) is 2.82. The standard InChI is InChI=1S/C27H27NO4/c1-17(2)27(19-9-10-22-24(14-19)31-13-5-12-30-22)28-25(29)15-20-16-32-23-11-8-18-6-3-4-7-21(18)26(20)23/h3-4,6-11,14,16-17,27H,5,12-13,15H2,1-2H3,(H,28,29). The molecule has 0 fully saturated rings. The molecule has 1 aliphatic rings. The predicted octanol–water partition coefficient (Wildman–Crippen LogP) is 5.80. The van der Waals surface area contributed by atoms with Crippen molar-refractivity contribution in [1.82, 2.24) is 5.32 Å². The van der Waals surface area contributed by atoms with Crippen molar-refractivity contribution < 1.29 is 18.7 Å². The van der Waals surface area contributed by atoms with Gasteiger partial charge in [0.1, 0.15) is 5.58 Å². The van der Waals surface area contributed by atoms with Crippen molar-refractivity contribution in [1.29, 1.82) is 0 Å². The van der Waals surface area contributed by atoms with Crippen molar-refractivity contribution in [3.8, 4) is 11.5 Å². The zero-order valence-corrected chi connectivity index (χ0v) is 18.4. The summed E-state index contributed by atoms with van der Waals surface area (Å²) in [7, 11) is 0. The number of furan rings is 1. The van der Waals surface area contributed by atoms with Gasteiger partial charge in [0.15, 0.2) is 11.5 Å². The van der Waals surface area contributed by atoms with Gasteiger partial charge in [0.05, 0.1) is 31.9 Å². The topological polar surface area (TPSA) is 60.7 Å². The fourth-order valence-electron chi connectivity index (χ4n) is 4.41. The second kappa shape index (κ2) is 8.58. The number of ether oxygens (including phenoxy) is 2. The van der Waals surface area contributed by atoms with Gasteiger partial charge in [-0.1, -0.05) is 50.2 Å². The number of hydrogen-bond donors (Lipinski definition) is 1. The maximum atomic E-state index is 13.1. The van der Waals surface area contributed by atoms with Crippen LogP contribution in [0.1, 0.15) is 37.4 Å². The van der Waals surface area contributed by atoms with E-state index in [0.29, 0.717) is 13.2 Å². The fraction of sp³-hybridized carbons (Fsp3) is 0.296. The van der Waals surface area contributed by atoms with Crippen LogP contribution in [0.4, 0.5) is 0 Å². The van der Waals surface area contributed by atoms with Gasteiger partial charge < -0.3 is 19.2 Å². The van der Waals surface area contributed by atoms with Crippen molar-refractivity contribution in [2.75, 3.05) is 13.2 Å². The molecule has 32 heavy (non-hydrogen) atoms. The summed E-state index contributed by atoms with van der Waals surface area (Å²) in [4.78, 5) is 13.1. The van der Waals surface area contributed by atoms with E-state index in [1.165, 1.54) is 0 Å². The number of nitrogens with one attached hydrogen (secondary N) is 1. The highest BCUT2D eigenvalue weighted by Gasteiger charge is 2.22. The van der Waals surface area contributed by atoms with Crippen LogP contribution in [0.15, 0.2) is 65.3 Å². The normalized spacial score (nSPS) is 14.5. The number of carbonyl (C=O) groups is 1. The first kappa shape index (κ1) is 20.4. The number of fused-ring (bicyclic) bond motifs is 4. The highest BCUT2D eigenvalue weighted by atomic mass is 16.5. The lowest BCUT2D eigenvalue weighted by Gasteiger charge is -2.24. The summed E-state index contributed by atoms with van der Waals surface area (Å²) in [5, 5.41) is 6.47. The van der Waals surface area contributed by atoms with Gasteiger partial charge in [-0.15, -0.1) is 0 Å². The molecule has 1 aromatic heterocycles. The largest absolute Gasteiger partial charge is 0.490 e. The molecule has 1 N–H and O–H groups in total. The van der Waals surface area contributed by atoms with E-state index in [2.05, 4.69) is 31.3 Å². The molecular formula is C27H27NO4. The number of rotatable bonds is 5. The van der Waals surface area contributed by atoms with E-state index in [1.54, 1.807) is 6.26 Å². The first-order valence-corrected chi connectivity index (χ1v) is 11.2. The van der Waals surface area contributed by atoms with Crippen LogP contribution in [0, 0.1) is 5.92 Å². The Morgan fingerprint density at radius 2 is 1.81 bits per heavy atom. The first-order valence-electron chi connectivity index (χ1n) is 11.2. The van der Waals surface area contributed by atoms with Crippen LogP contribution in [0.3, 0.4) is 0 Å². The molecule has 0 spiro atoms. The van der Waals surface area contributed by atoms with Crippen LogP contribution in [-0.4, -0.2) is 19.1 Å². The van der Waals surface area contributed by atoms with Crippen molar-refractivity contribution in [3.05, 3.63) is 72.0 Å². The average molecular weight is 430 g/mol. The summed E-state index contributed by atoms with van der Waals surface area (Å²) in [6, 6.07) is 18.0. The molecule has 1 amide bonds. The van der Waals surface area contributed by atoms with Crippen LogP contribution < -0.4 is 14.8 Å². The van der Waals surface area contributed by atoms with Gasteiger partial charge in [-0.2, -0.15) is 0 Å². The minimum absolute atomic E-state index is 0.0357. The van der Waals surface area contributed by atoms with E-state index < -0.39 is 0 Å². The van der Waals surface area contributed by atoms with E-state index in [-0.39, 0.29) is 24.3 Å². The van der Waals surface area contributed by atoms with Gasteiger partial charge in [-0.25, -0.2) is 0 Å². The highest BCUT2D eigenvalue weighted by molar-refractivity contribution is 6.08. The summed E-state index contributed by atoms with van der Waals surface area (Å²) >= 11 is 0. The van der Waals surface area contributed by atoms with Crippen molar-refractivity contribution in [3.63, 3.8) is 0 Å². The SMILES string of the molecule is CC(C)C(NC(=O)Cc1coc2ccc3ccccc3c12)c1ccc2c(c1)OCCCO2. The fourth-order valence-corrected chi connectivity index (χ4v) is 4.41. The quantitative estimate of drug-likeness (QED) is 0.435. The maximum absolute atomic E-state index is 13.1. The summed E-state index contributed by atoms with van der Waals surface area (Å²) in [5.41, 5.74) is 2.71. The summed E-state index contributed by atoms with van der Waals surface area (Å²) < 4.78 is 17.4. The minimum Gasteiger partial charge on any atom is -0.490 e. The number of benzene rings is 3. The summed E-state index contributed by atoms with van der Waals surface area (Å²) in [6.45, 7) is 5.50. The number of amides is 1. The van der Waals surface area contributed by atoms with Gasteiger partial charge >= 0.3 is 0 Å². The molecule has 0 radical (unpaired) electrons. The molecule has 5 heteroatoms. The lowest BCUT2D eigenvalue weighted by molar-refractivity contribution is -0.121. The molecule has 164 valence electrons. The van der Waals surface area contributed by atoms with Gasteiger partial charge in [0.2, 0.25) is 5.91 Å². The van der Waals surface area contributed by atoms with E-state index in [4.69, 9.17) is 13.9 Å². The number of hydrogen-bond acceptors (Lipinski definition) is 4. The Kier molecular flexibility index (Phi) is 5.48. The second-order valence-electron chi connectivity index (χ2n) is 8.64. The molecule has 1 unspecified atom stereocenters. The van der Waals surface area contributed by atoms with Gasteiger partial charge in [0, 0.05) is 17.4 Å². The van der Waals surface area contributed by atoms with Crippen LogP contribution in [0.25, 0.3) is 21.7 Å². The minimum atomic E-state index is -0.130. The molecule has 0 bridgehead atoms. The van der Waals surface area contributed by atoms with Gasteiger partial charge in [-0.3, -0.25) is 4.79 Å². The highest BCUT2D eigenvalue weighted by Crippen LogP contribution is 2.34. The number of carbonyl (C=O) groups excluding carboxylic acids is 1. The third-order valence-electron chi connectivity index (χ3n) is 6.00. The average Bonchev–Trinajstić information content (AvgIpc) is 3.05. The smallest absolute Gasteiger partial charge is 0.225 e. The third kappa shape index (κ3) is 3.91. The zero-order chi connectivity index (χ0) is 22.1. The molecule has 4 aromatic rings. The maximum Gasteiger partial charge on any atom is 0.225 e. The molecule has 1 atom stereocenters. The molecule has 0 saturated carbocycles.